The Kier molecular flexibility index (Phi) is 4.22. The number of amidine groups is 1. The van der Waals surface area contributed by atoms with Gasteiger partial charge in [-0.3, -0.25) is 0 Å². The van der Waals surface area contributed by atoms with E-state index < -0.39 is 0 Å². The molecule has 0 saturated carbocycles. The van der Waals surface area contributed by atoms with Crippen LogP contribution in [0.2, 0.25) is 5.02 Å². The second kappa shape index (κ2) is 5.07. The molecule has 0 saturated heterocycles. The van der Waals surface area contributed by atoms with E-state index in [9.17, 15) is 0 Å². The first-order valence-corrected chi connectivity index (χ1v) is 5.95. The largest absolute Gasteiger partial charge is 0.386 e. The van der Waals surface area contributed by atoms with Crippen LogP contribution < -0.4 is 5.73 Å². The lowest BCUT2D eigenvalue weighted by molar-refractivity contribution is 0.590. The van der Waals surface area contributed by atoms with E-state index in [-0.39, 0.29) is 11.3 Å². The molecule has 88 valence electrons. The molecule has 16 heavy (non-hydrogen) atoms. The van der Waals surface area contributed by atoms with Crippen molar-refractivity contribution in [1.82, 2.24) is 0 Å². The van der Waals surface area contributed by atoms with Gasteiger partial charge >= 0.3 is 0 Å². The molecule has 0 heterocycles. The molecule has 0 spiro atoms. The summed E-state index contributed by atoms with van der Waals surface area (Å²) in [6.45, 7) is 6.40. The minimum Gasteiger partial charge on any atom is -0.386 e. The van der Waals surface area contributed by atoms with Gasteiger partial charge in [0.2, 0.25) is 0 Å². The normalized spacial score (nSPS) is 12.9. The summed E-state index contributed by atoms with van der Waals surface area (Å²) < 4.78 is 0. The minimum atomic E-state index is 0.0733. The topological polar surface area (TPSA) is 38.4 Å². The number of alkyl halides is 1. The fourth-order valence-corrected chi connectivity index (χ4v) is 1.53. The number of halogens is 2. The molecular weight excluding hydrogens is 243 g/mol. The maximum atomic E-state index is 6.13. The Morgan fingerprint density at radius 3 is 2.44 bits per heavy atom. The molecule has 0 aromatic heterocycles. The molecule has 0 fully saturated rings. The van der Waals surface area contributed by atoms with Crippen LogP contribution in [0.25, 0.3) is 0 Å². The molecule has 2 nitrogen and oxygen atoms in total. The highest BCUT2D eigenvalue weighted by Crippen LogP contribution is 2.31. The number of nitrogens with two attached hydrogens (primary N) is 1. The van der Waals surface area contributed by atoms with Crippen LogP contribution in [0.15, 0.2) is 23.2 Å². The zero-order valence-electron chi connectivity index (χ0n) is 9.72. The van der Waals surface area contributed by atoms with E-state index in [1.807, 2.05) is 18.2 Å². The monoisotopic (exact) mass is 258 g/mol. The first kappa shape index (κ1) is 13.3. The minimum absolute atomic E-state index is 0.0733. The Bertz CT molecular complexity index is 406. The van der Waals surface area contributed by atoms with Crippen LogP contribution in [0.3, 0.4) is 0 Å². The van der Waals surface area contributed by atoms with Gasteiger partial charge in [0, 0.05) is 0 Å². The third-order valence-corrected chi connectivity index (χ3v) is 2.79. The predicted octanol–water partition coefficient (Wildman–Crippen LogP) is 3.87. The van der Waals surface area contributed by atoms with Gasteiger partial charge in [-0.2, -0.15) is 0 Å². The van der Waals surface area contributed by atoms with Crippen molar-refractivity contribution in [3.8, 4) is 0 Å². The molecular formula is C12H16Cl2N2. The van der Waals surface area contributed by atoms with Crippen molar-refractivity contribution < 1.29 is 0 Å². The third kappa shape index (κ3) is 3.39. The second-order valence-corrected chi connectivity index (χ2v) is 5.33. The summed E-state index contributed by atoms with van der Waals surface area (Å²) in [6.07, 6.45) is 0. The predicted molar refractivity (Wildman–Crippen MR) is 72.2 cm³/mol. The first-order chi connectivity index (χ1) is 7.34. The highest BCUT2D eigenvalue weighted by Gasteiger charge is 2.14. The Morgan fingerprint density at radius 2 is 2.00 bits per heavy atom. The van der Waals surface area contributed by atoms with Crippen LogP contribution in [-0.4, -0.2) is 11.7 Å². The smallest absolute Gasteiger partial charge is 0.115 e. The van der Waals surface area contributed by atoms with Gasteiger partial charge in [0.15, 0.2) is 0 Å². The van der Waals surface area contributed by atoms with Crippen molar-refractivity contribution in [2.24, 2.45) is 10.7 Å². The van der Waals surface area contributed by atoms with Gasteiger partial charge in [-0.1, -0.05) is 38.4 Å². The van der Waals surface area contributed by atoms with Crippen molar-refractivity contribution in [3.63, 3.8) is 0 Å². The van der Waals surface area contributed by atoms with E-state index in [0.29, 0.717) is 16.5 Å². The molecule has 0 radical (unpaired) electrons. The lowest BCUT2D eigenvalue weighted by Gasteiger charge is -2.19. The van der Waals surface area contributed by atoms with Crippen LogP contribution in [0, 0.1) is 0 Å². The van der Waals surface area contributed by atoms with Crippen molar-refractivity contribution in [1.29, 1.82) is 0 Å². The van der Waals surface area contributed by atoms with Crippen LogP contribution in [0.1, 0.15) is 26.3 Å². The molecule has 0 atom stereocenters. The standard InChI is InChI=1S/C12H16Cl2N2/c1-12(2,3)8-4-5-10(9(14)6-8)16-11(15)7-13/h4-6H,7H2,1-3H3,(H2,15,16). The van der Waals surface area contributed by atoms with E-state index in [1.165, 1.54) is 5.56 Å². The van der Waals surface area contributed by atoms with Crippen molar-refractivity contribution >= 4 is 34.7 Å². The van der Waals surface area contributed by atoms with Gasteiger partial charge in [-0.15, -0.1) is 11.6 Å². The highest BCUT2D eigenvalue weighted by molar-refractivity contribution is 6.33. The quantitative estimate of drug-likeness (QED) is 0.488. The maximum absolute atomic E-state index is 6.13. The summed E-state index contributed by atoms with van der Waals surface area (Å²) in [5, 5.41) is 0.598. The molecule has 0 bridgehead atoms. The first-order valence-electron chi connectivity index (χ1n) is 5.03. The molecule has 1 aromatic carbocycles. The maximum Gasteiger partial charge on any atom is 0.115 e. The molecule has 4 heteroatoms. The average molecular weight is 259 g/mol. The summed E-state index contributed by atoms with van der Waals surface area (Å²) in [7, 11) is 0. The van der Waals surface area contributed by atoms with Crippen LogP contribution >= 0.6 is 23.2 Å². The Morgan fingerprint density at radius 1 is 1.38 bits per heavy atom. The van der Waals surface area contributed by atoms with E-state index in [4.69, 9.17) is 28.9 Å². The molecule has 0 unspecified atom stereocenters. The zero-order chi connectivity index (χ0) is 12.3. The van der Waals surface area contributed by atoms with Crippen molar-refractivity contribution in [2.75, 3.05) is 5.88 Å². The zero-order valence-corrected chi connectivity index (χ0v) is 11.2. The van der Waals surface area contributed by atoms with Gasteiger partial charge in [-0.25, -0.2) is 4.99 Å². The Balaban J connectivity index is 3.10. The summed E-state index contributed by atoms with van der Waals surface area (Å²) in [4.78, 5) is 4.13. The van der Waals surface area contributed by atoms with Crippen molar-refractivity contribution in [2.45, 2.75) is 26.2 Å². The molecule has 0 aliphatic heterocycles. The lowest BCUT2D eigenvalue weighted by atomic mass is 9.87. The summed E-state index contributed by atoms with van der Waals surface area (Å²) in [5.41, 5.74) is 7.46. The Hall–Kier alpha value is -0.730. The molecule has 1 aromatic rings. The van der Waals surface area contributed by atoms with Crippen LogP contribution in [-0.2, 0) is 5.41 Å². The number of benzene rings is 1. The van der Waals surface area contributed by atoms with E-state index >= 15 is 0 Å². The van der Waals surface area contributed by atoms with E-state index in [1.54, 1.807) is 0 Å². The molecule has 0 aliphatic rings. The van der Waals surface area contributed by atoms with Gasteiger partial charge in [0.25, 0.3) is 0 Å². The molecule has 2 N–H and O–H groups in total. The summed E-state index contributed by atoms with van der Waals surface area (Å²) >= 11 is 11.7. The van der Waals surface area contributed by atoms with Gasteiger partial charge in [0.1, 0.15) is 5.84 Å². The third-order valence-electron chi connectivity index (χ3n) is 2.21. The average Bonchev–Trinajstić information content (AvgIpc) is 2.19. The number of hydrogen-bond donors (Lipinski definition) is 1. The second-order valence-electron chi connectivity index (χ2n) is 4.65. The van der Waals surface area contributed by atoms with E-state index in [2.05, 4.69) is 25.8 Å². The fraction of sp³-hybridized carbons (Fsp3) is 0.417. The molecule has 0 amide bonds. The highest BCUT2D eigenvalue weighted by atomic mass is 35.5. The Labute approximate surface area is 106 Å². The van der Waals surface area contributed by atoms with Crippen molar-refractivity contribution in [3.05, 3.63) is 28.8 Å². The van der Waals surface area contributed by atoms with E-state index in [0.717, 1.165) is 0 Å². The van der Waals surface area contributed by atoms with Crippen LogP contribution in [0.5, 0.6) is 0 Å². The lowest BCUT2D eigenvalue weighted by Crippen LogP contribution is -2.12. The SMILES string of the molecule is CC(C)(C)c1ccc(N=C(N)CCl)c(Cl)c1. The van der Waals surface area contributed by atoms with Gasteiger partial charge < -0.3 is 5.73 Å². The number of aliphatic imine (C=N–C) groups is 1. The fourth-order valence-electron chi connectivity index (χ4n) is 1.25. The van der Waals surface area contributed by atoms with Crippen LogP contribution in [0.4, 0.5) is 5.69 Å². The summed E-state index contributed by atoms with van der Waals surface area (Å²) in [5.74, 6) is 0.573. The summed E-state index contributed by atoms with van der Waals surface area (Å²) in [6, 6.07) is 5.79. The molecule has 1 rings (SSSR count). The molecule has 0 aliphatic carbocycles. The number of hydrogen-bond acceptors (Lipinski definition) is 1. The number of rotatable bonds is 2. The van der Waals surface area contributed by atoms with Gasteiger partial charge in [-0.05, 0) is 23.1 Å². The number of nitrogens with zero attached hydrogens (tertiary/aromatic N) is 1. The van der Waals surface area contributed by atoms with Gasteiger partial charge in [0.05, 0.1) is 16.6 Å².